The van der Waals surface area contributed by atoms with Crippen LogP contribution in [0, 0.1) is 8.99 Å². The van der Waals surface area contributed by atoms with E-state index in [-0.39, 0.29) is 12.0 Å². The molecule has 0 saturated carbocycles. The Labute approximate surface area is 200 Å². The predicted octanol–water partition coefficient (Wildman–Crippen LogP) is 7.69. The summed E-state index contributed by atoms with van der Waals surface area (Å²) in [6.45, 7) is 9.96. The Morgan fingerprint density at radius 2 is 1.35 bits per heavy atom. The van der Waals surface area contributed by atoms with Gasteiger partial charge >= 0.3 is 0 Å². The predicted molar refractivity (Wildman–Crippen MR) is 138 cm³/mol. The molecule has 31 heavy (non-hydrogen) atoms. The first-order valence-electron chi connectivity index (χ1n) is 10.9. The first-order chi connectivity index (χ1) is 14.8. The molecule has 0 bridgehead atoms. The summed E-state index contributed by atoms with van der Waals surface area (Å²) < 4.78 is 7.17. The number of aliphatic hydroxyl groups is 1. The van der Waals surface area contributed by atoms with Gasteiger partial charge < -0.3 is 9.84 Å². The lowest BCUT2D eigenvalue weighted by Gasteiger charge is -2.33. The number of rotatable bonds is 8. The molecular formula is C28H33IO2. The standard InChI is InChI=1S/C28H33IO2/c1-20(17-27(28(2,3)4)24-11-13-25(29)14-12-24)23-9-5-22(6-10-23)19-31-26-15-7-21(18-30)8-16-26/h5-16,20,27,30H,17-19H2,1-4H3. The van der Waals surface area contributed by atoms with E-state index in [1.807, 2.05) is 24.3 Å². The number of halogens is 1. The normalized spacial score (nSPS) is 13.6. The molecule has 0 fully saturated rings. The quantitative estimate of drug-likeness (QED) is 0.304. The van der Waals surface area contributed by atoms with Crippen LogP contribution in [-0.4, -0.2) is 5.11 Å². The van der Waals surface area contributed by atoms with Crippen LogP contribution in [0.3, 0.4) is 0 Å². The van der Waals surface area contributed by atoms with Crippen LogP contribution in [0.25, 0.3) is 0 Å². The number of aliphatic hydroxyl groups excluding tert-OH is 1. The Morgan fingerprint density at radius 1 is 0.806 bits per heavy atom. The van der Waals surface area contributed by atoms with E-state index in [2.05, 4.69) is 98.8 Å². The molecule has 0 radical (unpaired) electrons. The smallest absolute Gasteiger partial charge is 0.119 e. The highest BCUT2D eigenvalue weighted by Crippen LogP contribution is 2.42. The first-order valence-corrected chi connectivity index (χ1v) is 12.0. The van der Waals surface area contributed by atoms with Crippen molar-refractivity contribution in [1.29, 1.82) is 0 Å². The average molecular weight is 528 g/mol. The molecule has 0 aliphatic rings. The molecule has 0 aromatic heterocycles. The van der Waals surface area contributed by atoms with Gasteiger partial charge in [0.2, 0.25) is 0 Å². The average Bonchev–Trinajstić information content (AvgIpc) is 2.76. The summed E-state index contributed by atoms with van der Waals surface area (Å²) in [6.07, 6.45) is 1.12. The van der Waals surface area contributed by atoms with Crippen LogP contribution >= 0.6 is 22.6 Å². The van der Waals surface area contributed by atoms with Crippen LogP contribution in [-0.2, 0) is 13.2 Å². The van der Waals surface area contributed by atoms with Crippen molar-refractivity contribution in [2.75, 3.05) is 0 Å². The summed E-state index contributed by atoms with van der Waals surface area (Å²) in [5, 5.41) is 9.14. The minimum atomic E-state index is 0.0551. The van der Waals surface area contributed by atoms with Crippen molar-refractivity contribution >= 4 is 22.6 Å². The Balaban J connectivity index is 1.64. The van der Waals surface area contributed by atoms with Gasteiger partial charge in [-0.2, -0.15) is 0 Å². The molecule has 0 saturated heterocycles. The van der Waals surface area contributed by atoms with Gasteiger partial charge in [0.25, 0.3) is 0 Å². The Hall–Kier alpha value is -1.85. The summed E-state index contributed by atoms with van der Waals surface area (Å²) in [5.74, 6) is 1.80. The molecular weight excluding hydrogens is 495 g/mol. The zero-order chi connectivity index (χ0) is 22.4. The number of ether oxygens (including phenoxy) is 1. The second-order valence-corrected chi connectivity index (χ2v) is 10.7. The Morgan fingerprint density at radius 3 is 1.90 bits per heavy atom. The van der Waals surface area contributed by atoms with E-state index in [9.17, 15) is 0 Å². The van der Waals surface area contributed by atoms with Crippen LogP contribution in [0.2, 0.25) is 0 Å². The Kier molecular flexibility index (Phi) is 8.17. The topological polar surface area (TPSA) is 29.5 Å². The Bertz CT molecular complexity index is 938. The fourth-order valence-electron chi connectivity index (χ4n) is 3.97. The van der Waals surface area contributed by atoms with Gasteiger partial charge in [-0.1, -0.05) is 76.2 Å². The maximum Gasteiger partial charge on any atom is 0.119 e. The van der Waals surface area contributed by atoms with E-state index in [0.717, 1.165) is 23.3 Å². The summed E-state index contributed by atoms with van der Waals surface area (Å²) in [7, 11) is 0. The highest BCUT2D eigenvalue weighted by molar-refractivity contribution is 14.1. The fourth-order valence-corrected chi connectivity index (χ4v) is 4.33. The SMILES string of the molecule is CC(CC(c1ccc(I)cc1)C(C)(C)C)c1ccc(COc2ccc(CO)cc2)cc1. The summed E-state index contributed by atoms with van der Waals surface area (Å²) in [5.41, 5.74) is 5.06. The third-order valence-corrected chi connectivity index (χ3v) is 6.69. The van der Waals surface area contributed by atoms with Crippen LogP contribution < -0.4 is 4.74 Å². The first kappa shape index (κ1) is 23.8. The van der Waals surface area contributed by atoms with Gasteiger partial charge in [-0.3, -0.25) is 0 Å². The molecule has 2 nitrogen and oxygen atoms in total. The van der Waals surface area contributed by atoms with Gasteiger partial charge in [0, 0.05) is 3.57 Å². The van der Waals surface area contributed by atoms with Crippen molar-refractivity contribution in [2.45, 2.75) is 59.2 Å². The van der Waals surface area contributed by atoms with Crippen LogP contribution in [0.1, 0.15) is 68.2 Å². The lowest BCUT2D eigenvalue weighted by molar-refractivity contribution is 0.280. The third kappa shape index (κ3) is 6.81. The monoisotopic (exact) mass is 528 g/mol. The third-order valence-electron chi connectivity index (χ3n) is 5.97. The molecule has 1 N–H and O–H groups in total. The summed E-state index contributed by atoms with van der Waals surface area (Å²) in [4.78, 5) is 0. The van der Waals surface area contributed by atoms with Crippen molar-refractivity contribution < 1.29 is 9.84 Å². The number of hydrogen-bond donors (Lipinski definition) is 1. The van der Waals surface area contributed by atoms with Gasteiger partial charge in [0.05, 0.1) is 6.61 Å². The van der Waals surface area contributed by atoms with Crippen LogP contribution in [0.4, 0.5) is 0 Å². The minimum Gasteiger partial charge on any atom is -0.489 e. The summed E-state index contributed by atoms with van der Waals surface area (Å²) >= 11 is 2.37. The number of benzene rings is 3. The van der Waals surface area contributed by atoms with Crippen LogP contribution in [0.15, 0.2) is 72.8 Å². The van der Waals surface area contributed by atoms with E-state index < -0.39 is 0 Å². The lowest BCUT2D eigenvalue weighted by atomic mass is 9.71. The number of hydrogen-bond acceptors (Lipinski definition) is 2. The van der Waals surface area contributed by atoms with Crippen molar-refractivity contribution in [3.63, 3.8) is 0 Å². The molecule has 2 atom stereocenters. The van der Waals surface area contributed by atoms with Crippen molar-refractivity contribution in [2.24, 2.45) is 5.41 Å². The van der Waals surface area contributed by atoms with Gasteiger partial charge in [-0.15, -0.1) is 0 Å². The van der Waals surface area contributed by atoms with E-state index >= 15 is 0 Å². The lowest BCUT2D eigenvalue weighted by Crippen LogP contribution is -2.20. The molecule has 3 aromatic carbocycles. The summed E-state index contributed by atoms with van der Waals surface area (Å²) in [6, 6.07) is 25.4. The van der Waals surface area contributed by atoms with Crippen molar-refractivity contribution in [1.82, 2.24) is 0 Å². The van der Waals surface area contributed by atoms with E-state index in [1.54, 1.807) is 0 Å². The zero-order valence-electron chi connectivity index (χ0n) is 18.9. The molecule has 3 heteroatoms. The highest BCUT2D eigenvalue weighted by Gasteiger charge is 2.28. The highest BCUT2D eigenvalue weighted by atomic mass is 127. The largest absolute Gasteiger partial charge is 0.489 e. The van der Waals surface area contributed by atoms with Gasteiger partial charge in [0.1, 0.15) is 12.4 Å². The second kappa shape index (κ2) is 10.6. The minimum absolute atomic E-state index is 0.0551. The molecule has 0 amide bonds. The van der Waals surface area contributed by atoms with Crippen molar-refractivity contribution in [3.8, 4) is 5.75 Å². The van der Waals surface area contributed by atoms with Gasteiger partial charge in [0.15, 0.2) is 0 Å². The zero-order valence-corrected chi connectivity index (χ0v) is 21.1. The second-order valence-electron chi connectivity index (χ2n) is 9.44. The molecule has 0 aliphatic heterocycles. The molecule has 2 unspecified atom stereocenters. The fraction of sp³-hybridized carbons (Fsp3) is 0.357. The molecule has 164 valence electrons. The van der Waals surface area contributed by atoms with Gasteiger partial charge in [-0.05, 0) is 92.8 Å². The van der Waals surface area contributed by atoms with Gasteiger partial charge in [-0.25, -0.2) is 0 Å². The maximum absolute atomic E-state index is 9.14. The molecule has 3 aromatic rings. The van der Waals surface area contributed by atoms with Crippen molar-refractivity contribution in [3.05, 3.63) is 98.6 Å². The molecule has 0 spiro atoms. The maximum atomic E-state index is 9.14. The van der Waals surface area contributed by atoms with E-state index in [1.165, 1.54) is 14.7 Å². The molecule has 0 heterocycles. The molecule has 3 rings (SSSR count). The molecule has 0 aliphatic carbocycles. The van der Waals surface area contributed by atoms with E-state index in [4.69, 9.17) is 9.84 Å². The van der Waals surface area contributed by atoms with Crippen LogP contribution in [0.5, 0.6) is 5.75 Å². The van der Waals surface area contributed by atoms with E-state index in [0.29, 0.717) is 18.4 Å².